The molecule has 1 heterocycles. The van der Waals surface area contributed by atoms with Crippen LogP contribution in [0.15, 0.2) is 18.2 Å². The van der Waals surface area contributed by atoms with E-state index in [2.05, 4.69) is 10.6 Å². The van der Waals surface area contributed by atoms with Crippen LogP contribution < -0.4 is 10.6 Å². The van der Waals surface area contributed by atoms with Crippen molar-refractivity contribution in [3.8, 4) is 6.07 Å². The molecule has 1 aliphatic rings. The highest BCUT2D eigenvalue weighted by atomic mass is 35.5. The summed E-state index contributed by atoms with van der Waals surface area (Å²) in [4.78, 5) is 11.9. The van der Waals surface area contributed by atoms with Crippen molar-refractivity contribution in [2.75, 3.05) is 25.0 Å². The second kappa shape index (κ2) is 6.53. The molecule has 5 nitrogen and oxygen atoms in total. The highest BCUT2D eigenvalue weighted by molar-refractivity contribution is 6.31. The van der Waals surface area contributed by atoms with E-state index in [1.807, 2.05) is 6.07 Å². The van der Waals surface area contributed by atoms with Crippen LogP contribution in [-0.2, 0) is 9.53 Å². The normalized spacial score (nSPS) is 18.6. The van der Waals surface area contributed by atoms with Gasteiger partial charge in [-0.2, -0.15) is 5.26 Å². The Bertz CT molecular complexity index is 507. The molecule has 0 spiro atoms. The van der Waals surface area contributed by atoms with E-state index in [0.717, 1.165) is 6.54 Å². The van der Waals surface area contributed by atoms with Crippen molar-refractivity contribution >= 4 is 23.2 Å². The molecule has 2 N–H and O–H groups in total. The number of ether oxygens (including phenoxy) is 1. The van der Waals surface area contributed by atoms with Gasteiger partial charge >= 0.3 is 0 Å². The first-order chi connectivity index (χ1) is 9.19. The topological polar surface area (TPSA) is 74.2 Å². The van der Waals surface area contributed by atoms with Gasteiger partial charge in [0.1, 0.15) is 6.07 Å². The van der Waals surface area contributed by atoms with Gasteiger partial charge in [-0.25, -0.2) is 0 Å². The molecule has 0 bridgehead atoms. The third-order valence-electron chi connectivity index (χ3n) is 2.79. The van der Waals surface area contributed by atoms with Crippen LogP contribution in [0.5, 0.6) is 0 Å². The summed E-state index contributed by atoms with van der Waals surface area (Å²) in [5.74, 6) is -0.188. The summed E-state index contributed by atoms with van der Waals surface area (Å²) in [6.45, 7) is 2.08. The van der Waals surface area contributed by atoms with E-state index in [1.54, 1.807) is 18.2 Å². The maximum Gasteiger partial charge on any atom is 0.227 e. The summed E-state index contributed by atoms with van der Waals surface area (Å²) < 4.78 is 5.45. The Morgan fingerprint density at radius 1 is 1.63 bits per heavy atom. The molecular formula is C13H14ClN3O2. The zero-order valence-corrected chi connectivity index (χ0v) is 11.0. The van der Waals surface area contributed by atoms with E-state index in [-0.39, 0.29) is 18.4 Å². The molecule has 0 saturated carbocycles. The predicted octanol–water partition coefficient (Wildman–Crippen LogP) is 1.53. The van der Waals surface area contributed by atoms with Crippen LogP contribution in [0.2, 0.25) is 5.02 Å². The standard InChI is InChI=1S/C13H14ClN3O2/c14-10-2-1-9(7-15)12(5-10)17-13(18)6-11-8-16-3-4-19-11/h1-2,5,11,16H,3-4,6,8H2,(H,17,18). The SMILES string of the molecule is N#Cc1ccc(Cl)cc1NC(=O)CC1CNCCO1. The van der Waals surface area contributed by atoms with Crippen LogP contribution >= 0.6 is 11.6 Å². The number of amides is 1. The largest absolute Gasteiger partial charge is 0.375 e. The molecule has 1 amide bonds. The molecule has 19 heavy (non-hydrogen) atoms. The first kappa shape index (κ1) is 13.8. The lowest BCUT2D eigenvalue weighted by atomic mass is 10.1. The fourth-order valence-electron chi connectivity index (χ4n) is 1.88. The number of carbonyl (C=O) groups excluding carboxylic acids is 1. The number of carbonyl (C=O) groups is 1. The number of nitrogens with zero attached hydrogens (tertiary/aromatic N) is 1. The maximum atomic E-state index is 11.9. The van der Waals surface area contributed by atoms with Crippen molar-refractivity contribution in [2.24, 2.45) is 0 Å². The molecule has 6 heteroatoms. The van der Waals surface area contributed by atoms with Gasteiger partial charge in [-0.05, 0) is 18.2 Å². The van der Waals surface area contributed by atoms with Crippen molar-refractivity contribution in [1.29, 1.82) is 5.26 Å². The Balaban J connectivity index is 1.98. The van der Waals surface area contributed by atoms with Gasteiger partial charge in [-0.15, -0.1) is 0 Å². The quantitative estimate of drug-likeness (QED) is 0.880. The minimum Gasteiger partial charge on any atom is -0.375 e. The number of anilines is 1. The Morgan fingerprint density at radius 3 is 3.16 bits per heavy atom. The number of hydrogen-bond donors (Lipinski definition) is 2. The van der Waals surface area contributed by atoms with Crippen LogP contribution in [0.1, 0.15) is 12.0 Å². The number of nitriles is 1. The molecule has 1 unspecified atom stereocenters. The molecule has 1 aliphatic heterocycles. The maximum absolute atomic E-state index is 11.9. The molecule has 0 radical (unpaired) electrons. The number of benzene rings is 1. The zero-order valence-electron chi connectivity index (χ0n) is 10.3. The summed E-state index contributed by atoms with van der Waals surface area (Å²) in [5.41, 5.74) is 0.823. The minimum atomic E-state index is -0.188. The zero-order chi connectivity index (χ0) is 13.7. The van der Waals surface area contributed by atoms with Crippen molar-refractivity contribution < 1.29 is 9.53 Å². The average Bonchev–Trinajstić information content (AvgIpc) is 2.40. The number of nitrogens with one attached hydrogen (secondary N) is 2. The molecule has 1 aromatic rings. The van der Waals surface area contributed by atoms with Crippen molar-refractivity contribution in [2.45, 2.75) is 12.5 Å². The second-order valence-electron chi connectivity index (χ2n) is 4.25. The molecule has 1 atom stereocenters. The number of halogens is 1. The van der Waals surface area contributed by atoms with Crippen molar-refractivity contribution in [1.82, 2.24) is 5.32 Å². The van der Waals surface area contributed by atoms with Crippen LogP contribution in [0.3, 0.4) is 0 Å². The van der Waals surface area contributed by atoms with Crippen LogP contribution in [-0.4, -0.2) is 31.7 Å². The summed E-state index contributed by atoms with van der Waals surface area (Å²) >= 11 is 5.85. The molecule has 0 aliphatic carbocycles. The number of hydrogen-bond acceptors (Lipinski definition) is 4. The third kappa shape index (κ3) is 3.93. The number of morpholine rings is 1. The molecule has 0 aromatic heterocycles. The van der Waals surface area contributed by atoms with Gasteiger partial charge in [-0.3, -0.25) is 4.79 Å². The average molecular weight is 280 g/mol. The van der Waals surface area contributed by atoms with Gasteiger partial charge in [-0.1, -0.05) is 11.6 Å². The summed E-state index contributed by atoms with van der Waals surface area (Å²) in [6, 6.07) is 6.78. The number of rotatable bonds is 3. The first-order valence-electron chi connectivity index (χ1n) is 6.01. The van der Waals surface area contributed by atoms with E-state index in [0.29, 0.717) is 29.4 Å². The van der Waals surface area contributed by atoms with Crippen LogP contribution in [0.25, 0.3) is 0 Å². The Kier molecular flexibility index (Phi) is 4.74. The van der Waals surface area contributed by atoms with Crippen molar-refractivity contribution in [3.05, 3.63) is 28.8 Å². The van der Waals surface area contributed by atoms with E-state index < -0.39 is 0 Å². The first-order valence-corrected chi connectivity index (χ1v) is 6.38. The predicted molar refractivity (Wildman–Crippen MR) is 72.0 cm³/mol. The Hall–Kier alpha value is -1.61. The fourth-order valence-corrected chi connectivity index (χ4v) is 2.05. The Labute approximate surface area is 116 Å². The monoisotopic (exact) mass is 279 g/mol. The highest BCUT2D eigenvalue weighted by Crippen LogP contribution is 2.20. The van der Waals surface area contributed by atoms with E-state index in [1.165, 1.54) is 0 Å². The summed E-state index contributed by atoms with van der Waals surface area (Å²) in [6.07, 6.45) is 0.128. The van der Waals surface area contributed by atoms with Crippen molar-refractivity contribution in [3.63, 3.8) is 0 Å². The fraction of sp³-hybridized carbons (Fsp3) is 0.385. The summed E-state index contributed by atoms with van der Waals surface area (Å²) in [5, 5.41) is 15.3. The van der Waals surface area contributed by atoms with Gasteiger partial charge in [0.15, 0.2) is 0 Å². The second-order valence-corrected chi connectivity index (χ2v) is 4.69. The van der Waals surface area contributed by atoms with Gasteiger partial charge in [0.2, 0.25) is 5.91 Å². The third-order valence-corrected chi connectivity index (χ3v) is 3.03. The molecule has 1 aromatic carbocycles. The van der Waals surface area contributed by atoms with E-state index in [9.17, 15) is 4.79 Å². The molecule has 1 saturated heterocycles. The van der Waals surface area contributed by atoms with Crippen LogP contribution in [0.4, 0.5) is 5.69 Å². The highest BCUT2D eigenvalue weighted by Gasteiger charge is 2.18. The Morgan fingerprint density at radius 2 is 2.47 bits per heavy atom. The lowest BCUT2D eigenvalue weighted by Gasteiger charge is -2.23. The molecule has 1 fully saturated rings. The van der Waals surface area contributed by atoms with E-state index in [4.69, 9.17) is 21.6 Å². The van der Waals surface area contributed by atoms with Crippen LogP contribution in [0, 0.1) is 11.3 Å². The summed E-state index contributed by atoms with van der Waals surface area (Å²) in [7, 11) is 0. The lowest BCUT2D eigenvalue weighted by molar-refractivity contribution is -0.119. The van der Waals surface area contributed by atoms with E-state index >= 15 is 0 Å². The van der Waals surface area contributed by atoms with Gasteiger partial charge in [0.25, 0.3) is 0 Å². The van der Waals surface area contributed by atoms with Gasteiger partial charge in [0, 0.05) is 18.1 Å². The smallest absolute Gasteiger partial charge is 0.227 e. The molecular weight excluding hydrogens is 266 g/mol. The lowest BCUT2D eigenvalue weighted by Crippen LogP contribution is -2.40. The molecule has 100 valence electrons. The molecule has 2 rings (SSSR count). The van der Waals surface area contributed by atoms with Gasteiger partial charge in [0.05, 0.1) is 30.4 Å². The minimum absolute atomic E-state index is 0.126. The van der Waals surface area contributed by atoms with Gasteiger partial charge < -0.3 is 15.4 Å².